The first kappa shape index (κ1) is 15.6. The number of rotatable bonds is 5. The number of urea groups is 1. The number of carbonyl (C=O) groups excluding carboxylic acids is 1. The fraction of sp³-hybridized carbons (Fsp3) is 0.412. The molecular formula is C17H22N4O2. The second kappa shape index (κ2) is 7.28. The summed E-state index contributed by atoms with van der Waals surface area (Å²) in [4.78, 5) is 13.8. The standard InChI is InChI=1S/C17H22N4O2/c1-20(17(22)18-9-14-7-8-23-13-14)11-15-10-19-21(12-15)16-5-3-2-4-6-16/h2-6,10,12,14H,7-9,11,13H2,1H3,(H,18,22)/t14-/m0/s1. The highest BCUT2D eigenvalue weighted by Gasteiger charge is 2.17. The van der Waals surface area contributed by atoms with Crippen LogP contribution in [0.2, 0.25) is 0 Å². The SMILES string of the molecule is CN(Cc1cnn(-c2ccccc2)c1)C(=O)NC[C@@H]1CCOC1. The number of benzene rings is 1. The molecule has 0 aliphatic carbocycles. The van der Waals surface area contributed by atoms with Crippen molar-refractivity contribution in [3.63, 3.8) is 0 Å². The number of aromatic nitrogens is 2. The first-order valence-corrected chi connectivity index (χ1v) is 7.88. The van der Waals surface area contributed by atoms with Gasteiger partial charge in [-0.3, -0.25) is 0 Å². The van der Waals surface area contributed by atoms with Gasteiger partial charge in [-0.25, -0.2) is 9.48 Å². The fourth-order valence-corrected chi connectivity index (χ4v) is 2.62. The van der Waals surface area contributed by atoms with Crippen LogP contribution in [0, 0.1) is 5.92 Å². The van der Waals surface area contributed by atoms with Gasteiger partial charge in [0, 0.05) is 37.9 Å². The minimum Gasteiger partial charge on any atom is -0.381 e. The molecule has 122 valence electrons. The molecule has 1 N–H and O–H groups in total. The van der Waals surface area contributed by atoms with Crippen LogP contribution >= 0.6 is 0 Å². The minimum atomic E-state index is -0.0654. The molecule has 0 radical (unpaired) electrons. The number of ether oxygens (including phenoxy) is 1. The molecule has 3 rings (SSSR count). The van der Waals surface area contributed by atoms with Crippen LogP contribution in [0.5, 0.6) is 0 Å². The van der Waals surface area contributed by atoms with Gasteiger partial charge >= 0.3 is 6.03 Å². The van der Waals surface area contributed by atoms with Crippen molar-refractivity contribution < 1.29 is 9.53 Å². The van der Waals surface area contributed by atoms with E-state index < -0.39 is 0 Å². The van der Waals surface area contributed by atoms with Gasteiger partial charge in [0.25, 0.3) is 0 Å². The first-order chi connectivity index (χ1) is 11.2. The van der Waals surface area contributed by atoms with Crippen molar-refractivity contribution in [2.24, 2.45) is 5.92 Å². The van der Waals surface area contributed by atoms with E-state index in [1.54, 1.807) is 18.1 Å². The largest absolute Gasteiger partial charge is 0.381 e. The lowest BCUT2D eigenvalue weighted by Crippen LogP contribution is -2.39. The summed E-state index contributed by atoms with van der Waals surface area (Å²) in [6.45, 7) is 2.75. The molecule has 1 aromatic carbocycles. The van der Waals surface area contributed by atoms with Gasteiger partial charge in [-0.2, -0.15) is 5.10 Å². The van der Waals surface area contributed by atoms with E-state index in [2.05, 4.69) is 10.4 Å². The lowest BCUT2D eigenvalue weighted by atomic mass is 10.1. The summed E-state index contributed by atoms with van der Waals surface area (Å²) in [5.74, 6) is 0.438. The van der Waals surface area contributed by atoms with E-state index in [-0.39, 0.29) is 6.03 Å². The molecule has 1 fully saturated rings. The summed E-state index contributed by atoms with van der Waals surface area (Å²) in [5.41, 5.74) is 2.00. The molecule has 6 nitrogen and oxygen atoms in total. The van der Waals surface area contributed by atoms with Gasteiger partial charge in [0.15, 0.2) is 0 Å². The number of nitrogens with zero attached hydrogens (tertiary/aromatic N) is 3. The Morgan fingerprint density at radius 3 is 3.00 bits per heavy atom. The minimum absolute atomic E-state index is 0.0654. The molecule has 0 saturated carbocycles. The zero-order chi connectivity index (χ0) is 16.1. The lowest BCUT2D eigenvalue weighted by molar-refractivity contribution is 0.182. The molecule has 2 aromatic rings. The van der Waals surface area contributed by atoms with Crippen LogP contribution in [0.4, 0.5) is 4.79 Å². The molecule has 1 atom stereocenters. The third-order valence-corrected chi connectivity index (χ3v) is 3.99. The predicted molar refractivity (Wildman–Crippen MR) is 87.4 cm³/mol. The molecule has 1 saturated heterocycles. The van der Waals surface area contributed by atoms with Crippen LogP contribution in [-0.4, -0.2) is 47.5 Å². The maximum absolute atomic E-state index is 12.1. The van der Waals surface area contributed by atoms with Crippen LogP contribution in [0.25, 0.3) is 5.69 Å². The van der Waals surface area contributed by atoms with Crippen molar-refractivity contribution in [1.82, 2.24) is 20.0 Å². The Morgan fingerprint density at radius 1 is 1.43 bits per heavy atom. The second-order valence-electron chi connectivity index (χ2n) is 5.90. The van der Waals surface area contributed by atoms with Crippen molar-refractivity contribution >= 4 is 6.03 Å². The number of hydrogen-bond acceptors (Lipinski definition) is 3. The van der Waals surface area contributed by atoms with E-state index in [0.29, 0.717) is 19.0 Å². The zero-order valence-electron chi connectivity index (χ0n) is 13.3. The topological polar surface area (TPSA) is 59.4 Å². The summed E-state index contributed by atoms with van der Waals surface area (Å²) in [6, 6.07) is 9.85. The van der Waals surface area contributed by atoms with Gasteiger partial charge in [-0.15, -0.1) is 0 Å². The van der Waals surface area contributed by atoms with Gasteiger partial charge in [0.2, 0.25) is 0 Å². The average Bonchev–Trinajstić information content (AvgIpc) is 3.25. The van der Waals surface area contributed by atoms with Crippen LogP contribution < -0.4 is 5.32 Å². The Labute approximate surface area is 136 Å². The van der Waals surface area contributed by atoms with Crippen LogP contribution in [0.15, 0.2) is 42.7 Å². The van der Waals surface area contributed by atoms with Crippen molar-refractivity contribution in [2.75, 3.05) is 26.8 Å². The second-order valence-corrected chi connectivity index (χ2v) is 5.90. The van der Waals surface area contributed by atoms with Gasteiger partial charge in [-0.1, -0.05) is 18.2 Å². The smallest absolute Gasteiger partial charge is 0.317 e. The Morgan fingerprint density at radius 2 is 2.26 bits per heavy atom. The third-order valence-electron chi connectivity index (χ3n) is 3.99. The molecule has 6 heteroatoms. The fourth-order valence-electron chi connectivity index (χ4n) is 2.62. The first-order valence-electron chi connectivity index (χ1n) is 7.88. The summed E-state index contributed by atoms with van der Waals surface area (Å²) in [6.07, 6.45) is 4.76. The number of hydrogen-bond donors (Lipinski definition) is 1. The highest BCUT2D eigenvalue weighted by atomic mass is 16.5. The Balaban J connectivity index is 1.52. The number of amides is 2. The van der Waals surface area contributed by atoms with Crippen molar-refractivity contribution in [3.8, 4) is 5.69 Å². The summed E-state index contributed by atoms with van der Waals surface area (Å²) in [7, 11) is 1.79. The van der Waals surface area contributed by atoms with Gasteiger partial charge < -0.3 is 15.0 Å². The number of nitrogens with one attached hydrogen (secondary N) is 1. The Kier molecular flexibility index (Phi) is 4.92. The van der Waals surface area contributed by atoms with Gasteiger partial charge in [-0.05, 0) is 18.6 Å². The Hall–Kier alpha value is -2.34. The van der Waals surface area contributed by atoms with E-state index in [0.717, 1.165) is 30.9 Å². The maximum atomic E-state index is 12.1. The van der Waals surface area contributed by atoms with Crippen molar-refractivity contribution in [1.29, 1.82) is 0 Å². The molecule has 23 heavy (non-hydrogen) atoms. The van der Waals surface area contributed by atoms with Crippen molar-refractivity contribution in [2.45, 2.75) is 13.0 Å². The number of carbonyl (C=O) groups is 1. The van der Waals surface area contributed by atoms with E-state index in [4.69, 9.17) is 4.74 Å². The third kappa shape index (κ3) is 4.10. The average molecular weight is 314 g/mol. The molecule has 0 spiro atoms. The molecule has 2 heterocycles. The quantitative estimate of drug-likeness (QED) is 0.919. The molecule has 0 bridgehead atoms. The molecule has 1 aliphatic rings. The van der Waals surface area contributed by atoms with E-state index in [1.807, 2.05) is 41.2 Å². The molecule has 0 unspecified atom stereocenters. The lowest BCUT2D eigenvalue weighted by Gasteiger charge is -2.18. The normalized spacial score (nSPS) is 17.2. The van der Waals surface area contributed by atoms with E-state index >= 15 is 0 Å². The maximum Gasteiger partial charge on any atom is 0.317 e. The van der Waals surface area contributed by atoms with E-state index in [9.17, 15) is 4.79 Å². The van der Waals surface area contributed by atoms with Crippen LogP contribution in [0.1, 0.15) is 12.0 Å². The zero-order valence-corrected chi connectivity index (χ0v) is 13.3. The van der Waals surface area contributed by atoms with Gasteiger partial charge in [0.05, 0.1) is 25.0 Å². The summed E-state index contributed by atoms with van der Waals surface area (Å²) < 4.78 is 7.13. The number of para-hydroxylation sites is 1. The van der Waals surface area contributed by atoms with E-state index in [1.165, 1.54) is 0 Å². The van der Waals surface area contributed by atoms with Gasteiger partial charge in [0.1, 0.15) is 0 Å². The molecule has 1 aliphatic heterocycles. The van der Waals surface area contributed by atoms with Crippen LogP contribution in [0.3, 0.4) is 0 Å². The molecule has 2 amide bonds. The summed E-state index contributed by atoms with van der Waals surface area (Å²) >= 11 is 0. The summed E-state index contributed by atoms with van der Waals surface area (Å²) in [5, 5.41) is 7.31. The monoisotopic (exact) mass is 314 g/mol. The van der Waals surface area contributed by atoms with Crippen molar-refractivity contribution in [3.05, 3.63) is 48.3 Å². The predicted octanol–water partition coefficient (Wildman–Crippen LogP) is 2.05. The molecule has 1 aromatic heterocycles. The highest BCUT2D eigenvalue weighted by molar-refractivity contribution is 5.73. The highest BCUT2D eigenvalue weighted by Crippen LogP contribution is 2.11. The molecular weight excluding hydrogens is 292 g/mol. The Bertz CT molecular complexity index is 635. The van der Waals surface area contributed by atoms with Crippen LogP contribution in [-0.2, 0) is 11.3 Å².